The summed E-state index contributed by atoms with van der Waals surface area (Å²) in [6, 6.07) is 8.46. The first kappa shape index (κ1) is 13.8. The highest BCUT2D eigenvalue weighted by atomic mass is 16.5. The maximum Gasteiger partial charge on any atom is 0.251 e. The van der Waals surface area contributed by atoms with E-state index in [1.807, 2.05) is 4.90 Å². The molecule has 0 radical (unpaired) electrons. The van der Waals surface area contributed by atoms with Crippen LogP contribution in [-0.4, -0.2) is 41.6 Å². The number of benzene rings is 1. The topological polar surface area (TPSA) is 45.3 Å². The molecule has 4 rings (SSSR count). The second-order valence-corrected chi connectivity index (χ2v) is 6.39. The molecule has 4 heteroatoms. The van der Waals surface area contributed by atoms with Crippen LogP contribution in [0.5, 0.6) is 0 Å². The molecule has 1 unspecified atom stereocenters. The van der Waals surface area contributed by atoms with Crippen LogP contribution < -0.4 is 0 Å². The summed E-state index contributed by atoms with van der Waals surface area (Å²) in [4.78, 5) is 17.8. The van der Waals surface area contributed by atoms with Crippen molar-refractivity contribution in [1.29, 1.82) is 0 Å². The van der Waals surface area contributed by atoms with Gasteiger partial charge in [-0.3, -0.25) is 4.79 Å². The van der Waals surface area contributed by atoms with Crippen LogP contribution in [0.2, 0.25) is 0 Å². The third-order valence-electron chi connectivity index (χ3n) is 5.07. The van der Waals surface area contributed by atoms with Gasteiger partial charge in [0.15, 0.2) is 0 Å². The Morgan fingerprint density at radius 3 is 2.77 bits per heavy atom. The van der Waals surface area contributed by atoms with E-state index >= 15 is 0 Å². The number of hydrogen-bond donors (Lipinski definition) is 1. The quantitative estimate of drug-likeness (QED) is 0.926. The fourth-order valence-corrected chi connectivity index (χ4v) is 3.82. The number of amides is 1. The van der Waals surface area contributed by atoms with Crippen molar-refractivity contribution in [3.63, 3.8) is 0 Å². The highest BCUT2D eigenvalue weighted by molar-refractivity contribution is 5.84. The molecule has 1 amide bonds. The number of likely N-dealkylation sites (tertiary alicyclic amines) is 1. The molecule has 2 fully saturated rings. The van der Waals surface area contributed by atoms with Gasteiger partial charge in [0.05, 0.1) is 0 Å². The van der Waals surface area contributed by atoms with Crippen molar-refractivity contribution >= 4 is 16.8 Å². The number of carbonyl (C=O) groups is 1. The average Bonchev–Trinajstić information content (AvgIpc) is 3.24. The van der Waals surface area contributed by atoms with E-state index < -0.39 is 0 Å². The largest absolute Gasteiger partial charge is 0.368 e. The molecule has 0 bridgehead atoms. The maximum absolute atomic E-state index is 12.4. The zero-order valence-electron chi connectivity index (χ0n) is 12.8. The van der Waals surface area contributed by atoms with Gasteiger partial charge in [0, 0.05) is 36.8 Å². The van der Waals surface area contributed by atoms with Crippen molar-refractivity contribution in [2.45, 2.75) is 37.7 Å². The summed E-state index contributed by atoms with van der Waals surface area (Å²) >= 11 is 0. The predicted octanol–water partition coefficient (Wildman–Crippen LogP) is 3.05. The number of ether oxygens (including phenoxy) is 1. The van der Waals surface area contributed by atoms with Crippen LogP contribution in [0.3, 0.4) is 0 Å². The lowest BCUT2D eigenvalue weighted by atomic mass is 9.89. The van der Waals surface area contributed by atoms with Crippen molar-refractivity contribution in [2.24, 2.45) is 0 Å². The van der Waals surface area contributed by atoms with E-state index in [2.05, 4.69) is 35.4 Å². The average molecular weight is 298 g/mol. The predicted molar refractivity (Wildman–Crippen MR) is 85.8 cm³/mol. The molecular weight excluding hydrogens is 276 g/mol. The van der Waals surface area contributed by atoms with Gasteiger partial charge in [0.1, 0.15) is 6.10 Å². The zero-order chi connectivity index (χ0) is 14.9. The zero-order valence-corrected chi connectivity index (χ0v) is 12.8. The van der Waals surface area contributed by atoms with Crippen molar-refractivity contribution in [3.8, 4) is 0 Å². The fourth-order valence-electron chi connectivity index (χ4n) is 3.82. The van der Waals surface area contributed by atoms with Gasteiger partial charge in [-0.1, -0.05) is 18.2 Å². The molecule has 4 nitrogen and oxygen atoms in total. The molecule has 2 aliphatic heterocycles. The van der Waals surface area contributed by atoms with Gasteiger partial charge in [0.25, 0.3) is 5.91 Å². The lowest BCUT2D eigenvalue weighted by molar-refractivity contribution is -0.142. The number of para-hydroxylation sites is 1. The van der Waals surface area contributed by atoms with Crippen LogP contribution in [0, 0.1) is 0 Å². The van der Waals surface area contributed by atoms with Crippen molar-refractivity contribution in [3.05, 3.63) is 36.0 Å². The van der Waals surface area contributed by atoms with Crippen LogP contribution in [0.15, 0.2) is 30.5 Å². The van der Waals surface area contributed by atoms with Crippen molar-refractivity contribution in [1.82, 2.24) is 9.88 Å². The van der Waals surface area contributed by atoms with Crippen molar-refractivity contribution < 1.29 is 9.53 Å². The minimum atomic E-state index is -0.176. The number of H-pyrrole nitrogens is 1. The second-order valence-electron chi connectivity index (χ2n) is 6.39. The Hall–Kier alpha value is -1.81. The monoisotopic (exact) mass is 298 g/mol. The van der Waals surface area contributed by atoms with E-state index in [0.717, 1.165) is 45.4 Å². The number of nitrogens with one attached hydrogen (secondary N) is 1. The SMILES string of the molecule is O=C(C1CCCO1)N1CCC(c2c[nH]c3ccccc23)CC1. The highest BCUT2D eigenvalue weighted by Crippen LogP contribution is 2.33. The third kappa shape index (κ3) is 2.41. The van der Waals surface area contributed by atoms with E-state index in [0.29, 0.717) is 5.92 Å². The standard InChI is InChI=1S/C18H22N2O2/c21-18(17-6-3-11-22-17)20-9-7-13(8-10-20)15-12-19-16-5-2-1-4-14(15)16/h1-2,4-5,12-13,17,19H,3,6-11H2. The van der Waals surface area contributed by atoms with Gasteiger partial charge in [-0.15, -0.1) is 0 Å². The summed E-state index contributed by atoms with van der Waals surface area (Å²) < 4.78 is 5.53. The second kappa shape index (κ2) is 5.76. The molecule has 1 aromatic heterocycles. The molecule has 22 heavy (non-hydrogen) atoms. The van der Waals surface area contributed by atoms with Crippen LogP contribution in [0.25, 0.3) is 10.9 Å². The molecule has 1 N–H and O–H groups in total. The summed E-state index contributed by atoms with van der Waals surface area (Å²) in [5, 5.41) is 1.33. The number of nitrogens with zero attached hydrogens (tertiary/aromatic N) is 1. The van der Waals surface area contributed by atoms with Crippen LogP contribution in [0.1, 0.15) is 37.2 Å². The Bertz CT molecular complexity index is 665. The first-order valence-electron chi connectivity index (χ1n) is 8.29. The summed E-state index contributed by atoms with van der Waals surface area (Å²) in [7, 11) is 0. The molecule has 116 valence electrons. The molecule has 0 saturated carbocycles. The Balaban J connectivity index is 1.44. The number of piperidine rings is 1. The summed E-state index contributed by atoms with van der Waals surface area (Å²) in [6.07, 6.45) is 5.96. The lowest BCUT2D eigenvalue weighted by Crippen LogP contribution is -2.43. The van der Waals surface area contributed by atoms with E-state index in [1.165, 1.54) is 16.5 Å². The molecular formula is C18H22N2O2. The van der Waals surface area contributed by atoms with E-state index in [4.69, 9.17) is 4.74 Å². The Morgan fingerprint density at radius 2 is 2.00 bits per heavy atom. The van der Waals surface area contributed by atoms with Gasteiger partial charge in [-0.05, 0) is 43.2 Å². The van der Waals surface area contributed by atoms with Gasteiger partial charge in [-0.2, -0.15) is 0 Å². The number of carbonyl (C=O) groups excluding carboxylic acids is 1. The lowest BCUT2D eigenvalue weighted by Gasteiger charge is -2.33. The van der Waals surface area contributed by atoms with E-state index in [-0.39, 0.29) is 12.0 Å². The Labute approximate surface area is 130 Å². The van der Waals surface area contributed by atoms with Crippen molar-refractivity contribution in [2.75, 3.05) is 19.7 Å². The molecule has 2 aromatic rings. The highest BCUT2D eigenvalue weighted by Gasteiger charge is 2.31. The molecule has 0 aliphatic carbocycles. The Kier molecular flexibility index (Phi) is 3.62. The molecule has 1 aromatic carbocycles. The van der Waals surface area contributed by atoms with Gasteiger partial charge >= 0.3 is 0 Å². The third-order valence-corrected chi connectivity index (χ3v) is 5.07. The van der Waals surface area contributed by atoms with E-state index in [9.17, 15) is 4.79 Å². The van der Waals surface area contributed by atoms with Gasteiger partial charge in [0.2, 0.25) is 0 Å². The molecule has 2 aliphatic rings. The summed E-state index contributed by atoms with van der Waals surface area (Å²) in [5.74, 6) is 0.750. The molecule has 0 spiro atoms. The number of aromatic amines is 1. The maximum atomic E-state index is 12.4. The number of fused-ring (bicyclic) bond motifs is 1. The fraction of sp³-hybridized carbons (Fsp3) is 0.500. The van der Waals surface area contributed by atoms with Crippen LogP contribution in [-0.2, 0) is 9.53 Å². The molecule has 3 heterocycles. The summed E-state index contributed by atoms with van der Waals surface area (Å²) in [5.41, 5.74) is 2.61. The Morgan fingerprint density at radius 1 is 1.18 bits per heavy atom. The first-order chi connectivity index (χ1) is 10.8. The van der Waals surface area contributed by atoms with Crippen LogP contribution in [0.4, 0.5) is 0 Å². The van der Waals surface area contributed by atoms with Gasteiger partial charge < -0.3 is 14.6 Å². The molecule has 1 atom stereocenters. The number of rotatable bonds is 2. The summed E-state index contributed by atoms with van der Waals surface area (Å²) in [6.45, 7) is 2.44. The first-order valence-corrected chi connectivity index (χ1v) is 8.29. The van der Waals surface area contributed by atoms with Crippen LogP contribution >= 0.6 is 0 Å². The smallest absolute Gasteiger partial charge is 0.251 e. The van der Waals surface area contributed by atoms with E-state index in [1.54, 1.807) is 0 Å². The minimum Gasteiger partial charge on any atom is -0.368 e. The number of hydrogen-bond acceptors (Lipinski definition) is 2. The molecule has 2 saturated heterocycles. The minimum absolute atomic E-state index is 0.176. The normalized spacial score (nSPS) is 23.3. The van der Waals surface area contributed by atoms with Gasteiger partial charge in [-0.25, -0.2) is 0 Å². The number of aromatic nitrogens is 1.